The highest BCUT2D eigenvalue weighted by Gasteiger charge is 1.94. The maximum absolute atomic E-state index is 11.6. The van der Waals surface area contributed by atoms with Gasteiger partial charge in [-0.2, -0.15) is 0 Å². The molecule has 0 unspecified atom stereocenters. The Morgan fingerprint density at radius 3 is 2.88 bits per heavy atom. The first kappa shape index (κ1) is 6.10. The predicted octanol–water partition coefficient (Wildman–Crippen LogP) is 2.03. The van der Waals surface area contributed by atoms with Crippen molar-refractivity contribution in [1.82, 2.24) is 8.96 Å². The molecule has 0 aliphatic heterocycles. The lowest BCUT2D eigenvalue weighted by Crippen LogP contribution is -1.77. The van der Waals surface area contributed by atoms with Gasteiger partial charge in [-0.1, -0.05) is 0 Å². The first-order chi connectivity index (χ1) is 3.84. The number of hydrogen-bond acceptors (Lipinski definition) is 2. The monoisotopic (exact) mass is 196 g/mol. The molecule has 0 saturated heterocycles. The van der Waals surface area contributed by atoms with E-state index in [2.05, 4.69) is 20.9 Å². The summed E-state index contributed by atoms with van der Waals surface area (Å²) in [6.45, 7) is 0. The van der Waals surface area contributed by atoms with Crippen LogP contribution in [0, 0.1) is 0 Å². The summed E-state index contributed by atoms with van der Waals surface area (Å²) in [6, 6.07) is 0. The molecule has 2 nitrogen and oxygen atoms in total. The van der Waals surface area contributed by atoms with E-state index in [1.165, 1.54) is 16.4 Å². The number of hydrogen-bond donors (Lipinski definition) is 0. The van der Waals surface area contributed by atoms with Gasteiger partial charge in [0.15, 0.2) is 17.1 Å². The summed E-state index contributed by atoms with van der Waals surface area (Å²) in [5.74, 6) is 0. The summed E-state index contributed by atoms with van der Waals surface area (Å²) in [5.41, 5.74) is 0. The van der Waals surface area contributed by atoms with Gasteiger partial charge in [0.1, 0.15) is 0 Å². The van der Waals surface area contributed by atoms with E-state index in [9.17, 15) is 3.89 Å². The Morgan fingerprint density at radius 1 is 1.88 bits per heavy atom. The van der Waals surface area contributed by atoms with Gasteiger partial charge in [0, 0.05) is 12.4 Å². The van der Waals surface area contributed by atoms with Crippen LogP contribution in [-0.4, -0.2) is 8.96 Å². The molecule has 1 heterocycles. The van der Waals surface area contributed by atoms with Crippen molar-refractivity contribution in [2.75, 3.05) is 0 Å². The van der Waals surface area contributed by atoms with E-state index in [-0.39, 0.29) is 12.3 Å². The van der Waals surface area contributed by atoms with Crippen molar-refractivity contribution >= 4 is 28.3 Å². The number of imidazole rings is 1. The standard InChI is InChI=1S/C3H2BrFN2S/c4-3-6-1-2-7(3)8-5/h1-2H. The maximum atomic E-state index is 11.6. The third kappa shape index (κ3) is 1.03. The Balaban J connectivity index is 2.92. The first-order valence-corrected chi connectivity index (χ1v) is 3.29. The normalized spacial score (nSPS) is 9.75. The zero-order valence-corrected chi connectivity index (χ0v) is 6.12. The number of nitrogens with zero attached hydrogens (tertiary/aromatic N) is 2. The van der Waals surface area contributed by atoms with Gasteiger partial charge in [-0.3, -0.25) is 0 Å². The van der Waals surface area contributed by atoms with Crippen LogP contribution in [0.4, 0.5) is 3.89 Å². The SMILES string of the molecule is FSn1ccnc1Br. The van der Waals surface area contributed by atoms with Crippen LogP contribution in [0.2, 0.25) is 0 Å². The molecule has 0 aliphatic carbocycles. The molecule has 0 atom stereocenters. The van der Waals surface area contributed by atoms with Crippen LogP contribution >= 0.6 is 28.3 Å². The highest BCUT2D eigenvalue weighted by atomic mass is 79.9. The lowest BCUT2D eigenvalue weighted by atomic mass is 11.0. The van der Waals surface area contributed by atoms with Crippen LogP contribution < -0.4 is 0 Å². The topological polar surface area (TPSA) is 17.8 Å². The first-order valence-electron chi connectivity index (χ1n) is 1.82. The van der Waals surface area contributed by atoms with E-state index < -0.39 is 0 Å². The van der Waals surface area contributed by atoms with Gasteiger partial charge in [-0.15, -0.1) is 3.89 Å². The largest absolute Gasteiger partial charge is 0.240 e. The van der Waals surface area contributed by atoms with E-state index in [0.717, 1.165) is 0 Å². The molecule has 44 valence electrons. The summed E-state index contributed by atoms with van der Waals surface area (Å²) >= 11 is 3.13. The fourth-order valence-electron chi connectivity index (χ4n) is 0.325. The number of aromatic nitrogens is 2. The van der Waals surface area contributed by atoms with Gasteiger partial charge in [-0.05, 0) is 15.9 Å². The molecular weight excluding hydrogens is 195 g/mol. The zero-order chi connectivity index (χ0) is 5.98. The van der Waals surface area contributed by atoms with Gasteiger partial charge >= 0.3 is 0 Å². The smallest absolute Gasteiger partial charge is 0.189 e. The highest BCUT2D eigenvalue weighted by Crippen LogP contribution is 2.14. The van der Waals surface area contributed by atoms with Crippen LogP contribution in [-0.2, 0) is 0 Å². The minimum Gasteiger partial charge on any atom is -0.240 e. The van der Waals surface area contributed by atoms with E-state index in [4.69, 9.17) is 0 Å². The fourth-order valence-corrected chi connectivity index (χ4v) is 0.930. The molecule has 0 spiro atoms. The van der Waals surface area contributed by atoms with Gasteiger partial charge < -0.3 is 0 Å². The molecule has 0 bridgehead atoms. The third-order valence-corrected chi connectivity index (χ3v) is 1.90. The van der Waals surface area contributed by atoms with E-state index in [1.807, 2.05) is 0 Å². The van der Waals surface area contributed by atoms with Gasteiger partial charge in [0.05, 0.1) is 0 Å². The molecule has 0 amide bonds. The molecule has 0 fully saturated rings. The second-order valence-electron chi connectivity index (χ2n) is 1.09. The van der Waals surface area contributed by atoms with Gasteiger partial charge in [0.25, 0.3) is 0 Å². The van der Waals surface area contributed by atoms with Crippen LogP contribution in [0.3, 0.4) is 0 Å². The average molecular weight is 197 g/mol. The van der Waals surface area contributed by atoms with Gasteiger partial charge in [-0.25, -0.2) is 8.96 Å². The molecule has 0 aromatic carbocycles. The summed E-state index contributed by atoms with van der Waals surface area (Å²) in [5, 5.41) is 0. The van der Waals surface area contributed by atoms with Crippen molar-refractivity contribution in [3.05, 3.63) is 17.1 Å². The molecule has 1 aromatic rings. The van der Waals surface area contributed by atoms with Crippen molar-refractivity contribution in [3.63, 3.8) is 0 Å². The van der Waals surface area contributed by atoms with Crippen LogP contribution in [0.25, 0.3) is 0 Å². The number of halogens is 2. The minimum atomic E-state index is 0.109. The Bertz CT molecular complexity index is 178. The lowest BCUT2D eigenvalue weighted by molar-refractivity contribution is 0.910. The Kier molecular flexibility index (Phi) is 1.90. The molecule has 0 aliphatic rings. The minimum absolute atomic E-state index is 0.109. The Labute approximate surface area is 58.7 Å². The molecule has 0 radical (unpaired) electrons. The van der Waals surface area contributed by atoms with Crippen molar-refractivity contribution in [2.24, 2.45) is 0 Å². The van der Waals surface area contributed by atoms with Crippen molar-refractivity contribution < 1.29 is 3.89 Å². The van der Waals surface area contributed by atoms with Crippen LogP contribution in [0.1, 0.15) is 0 Å². The maximum Gasteiger partial charge on any atom is 0.189 e. The van der Waals surface area contributed by atoms with Crippen LogP contribution in [0.5, 0.6) is 0 Å². The highest BCUT2D eigenvalue weighted by molar-refractivity contribution is 9.10. The van der Waals surface area contributed by atoms with Crippen LogP contribution in [0.15, 0.2) is 17.1 Å². The summed E-state index contributed by atoms with van der Waals surface area (Å²) in [6.07, 6.45) is 3.03. The van der Waals surface area contributed by atoms with Crippen molar-refractivity contribution in [3.8, 4) is 0 Å². The summed E-state index contributed by atoms with van der Waals surface area (Å²) in [4.78, 5) is 3.71. The Morgan fingerprint density at radius 2 is 2.62 bits per heavy atom. The second kappa shape index (κ2) is 2.50. The zero-order valence-electron chi connectivity index (χ0n) is 3.71. The molecule has 0 N–H and O–H groups in total. The van der Waals surface area contributed by atoms with E-state index >= 15 is 0 Å². The molecule has 1 aromatic heterocycles. The molecular formula is C3H2BrFN2S. The third-order valence-electron chi connectivity index (χ3n) is 0.639. The van der Waals surface area contributed by atoms with E-state index in [0.29, 0.717) is 4.73 Å². The molecule has 1 rings (SSSR count). The molecule has 0 saturated carbocycles. The fraction of sp³-hybridized carbons (Fsp3) is 0. The lowest BCUT2D eigenvalue weighted by Gasteiger charge is -1.87. The Hall–Kier alpha value is -0.0300. The second-order valence-corrected chi connectivity index (χ2v) is 2.33. The predicted molar refractivity (Wildman–Crippen MR) is 34.0 cm³/mol. The van der Waals surface area contributed by atoms with Crippen molar-refractivity contribution in [2.45, 2.75) is 0 Å². The number of rotatable bonds is 1. The molecule has 5 heteroatoms. The quantitative estimate of drug-likeness (QED) is 0.685. The van der Waals surface area contributed by atoms with Gasteiger partial charge in [0.2, 0.25) is 0 Å². The van der Waals surface area contributed by atoms with E-state index in [1.54, 1.807) is 0 Å². The summed E-state index contributed by atoms with van der Waals surface area (Å²) in [7, 11) is 0. The van der Waals surface area contributed by atoms with Crippen molar-refractivity contribution in [1.29, 1.82) is 0 Å². The average Bonchev–Trinajstić information content (AvgIpc) is 2.14. The summed E-state index contributed by atoms with van der Waals surface area (Å²) < 4.78 is 13.4. The molecule has 8 heavy (non-hydrogen) atoms.